The van der Waals surface area contributed by atoms with Crippen molar-refractivity contribution in [1.29, 1.82) is 0 Å². The number of hydrogen-bond acceptors (Lipinski definition) is 4. The summed E-state index contributed by atoms with van der Waals surface area (Å²) >= 11 is 1.65. The zero-order chi connectivity index (χ0) is 17.9. The van der Waals surface area contributed by atoms with Crippen molar-refractivity contribution in [2.45, 2.75) is 32.3 Å². The monoisotopic (exact) mass is 369 g/mol. The van der Waals surface area contributed by atoms with Crippen LogP contribution < -0.4 is 0 Å². The second-order valence-electron chi connectivity index (χ2n) is 6.72. The summed E-state index contributed by atoms with van der Waals surface area (Å²) in [5.74, 6) is 0.113. The van der Waals surface area contributed by atoms with Gasteiger partial charge in [0.1, 0.15) is 0 Å². The molecular weight excluding hydrogens is 346 g/mol. The van der Waals surface area contributed by atoms with Crippen LogP contribution >= 0.6 is 11.3 Å². The topological polar surface area (TPSA) is 46.8 Å². The number of imidazole rings is 1. The van der Waals surface area contributed by atoms with Gasteiger partial charge in [-0.3, -0.25) is 9.20 Å². The first kappa shape index (κ1) is 17.2. The molecule has 136 valence electrons. The lowest BCUT2D eigenvalue weighted by molar-refractivity contribution is -0.130. The van der Waals surface area contributed by atoms with Crippen LogP contribution in [0.25, 0.3) is 16.2 Å². The number of thiazole rings is 1. The first-order valence-electron chi connectivity index (χ1n) is 9.09. The van der Waals surface area contributed by atoms with Crippen molar-refractivity contribution in [3.05, 3.63) is 47.6 Å². The minimum atomic E-state index is 0.113. The molecular formula is C20H23N3O2S. The van der Waals surface area contributed by atoms with Crippen LogP contribution in [0.1, 0.15) is 25.5 Å². The minimum Gasteiger partial charge on any atom is -0.376 e. The summed E-state index contributed by atoms with van der Waals surface area (Å²) < 4.78 is 7.84. The van der Waals surface area contributed by atoms with Crippen LogP contribution in [-0.4, -0.2) is 46.0 Å². The SMILES string of the molecule is CC(=O)N(CCc1csc2nc(-c3ccccc3)cn12)CC1CCCO1. The maximum atomic E-state index is 12.0. The molecule has 0 bridgehead atoms. The van der Waals surface area contributed by atoms with Crippen LogP contribution in [0.15, 0.2) is 41.9 Å². The van der Waals surface area contributed by atoms with Crippen molar-refractivity contribution in [2.75, 3.05) is 19.7 Å². The number of fused-ring (bicyclic) bond motifs is 1. The van der Waals surface area contributed by atoms with E-state index in [9.17, 15) is 4.79 Å². The van der Waals surface area contributed by atoms with Crippen molar-refractivity contribution < 1.29 is 9.53 Å². The third-order valence-electron chi connectivity index (χ3n) is 4.88. The third kappa shape index (κ3) is 3.66. The number of carbonyl (C=O) groups is 1. The lowest BCUT2D eigenvalue weighted by Gasteiger charge is -2.24. The van der Waals surface area contributed by atoms with Gasteiger partial charge in [0.25, 0.3) is 0 Å². The summed E-state index contributed by atoms with van der Waals surface area (Å²) in [6.45, 7) is 3.86. The highest BCUT2D eigenvalue weighted by atomic mass is 32.1. The number of rotatable bonds is 6. The molecule has 1 aliphatic rings. The molecule has 5 nitrogen and oxygen atoms in total. The van der Waals surface area contributed by atoms with E-state index in [0.717, 1.165) is 42.1 Å². The Morgan fingerprint density at radius 2 is 2.23 bits per heavy atom. The van der Waals surface area contributed by atoms with Crippen LogP contribution in [0.3, 0.4) is 0 Å². The lowest BCUT2D eigenvalue weighted by Crippen LogP contribution is -2.37. The number of benzene rings is 1. The Labute approximate surface area is 157 Å². The van der Waals surface area contributed by atoms with E-state index in [0.29, 0.717) is 13.1 Å². The summed E-state index contributed by atoms with van der Waals surface area (Å²) in [5, 5.41) is 2.14. The Morgan fingerprint density at radius 3 is 2.96 bits per heavy atom. The highest BCUT2D eigenvalue weighted by Crippen LogP contribution is 2.24. The highest BCUT2D eigenvalue weighted by molar-refractivity contribution is 7.15. The van der Waals surface area contributed by atoms with E-state index < -0.39 is 0 Å². The van der Waals surface area contributed by atoms with Crippen LogP contribution in [0, 0.1) is 0 Å². The van der Waals surface area contributed by atoms with E-state index in [2.05, 4.69) is 28.1 Å². The molecule has 1 aliphatic heterocycles. The van der Waals surface area contributed by atoms with Crippen molar-refractivity contribution in [3.63, 3.8) is 0 Å². The quantitative estimate of drug-likeness (QED) is 0.666. The fraction of sp³-hybridized carbons (Fsp3) is 0.400. The predicted molar refractivity (Wildman–Crippen MR) is 103 cm³/mol. The molecule has 0 radical (unpaired) electrons. The van der Waals surface area contributed by atoms with Gasteiger partial charge in [0.15, 0.2) is 4.96 Å². The molecule has 26 heavy (non-hydrogen) atoms. The predicted octanol–water partition coefficient (Wildman–Crippen LogP) is 3.63. The number of nitrogens with zero attached hydrogens (tertiary/aromatic N) is 3. The van der Waals surface area contributed by atoms with E-state index in [1.54, 1.807) is 18.3 Å². The molecule has 1 unspecified atom stereocenters. The molecule has 6 heteroatoms. The standard InChI is InChI=1S/C20H23N3O2S/c1-15(24)22(12-18-8-5-11-25-18)10-9-17-14-26-20-21-19(13-23(17)20)16-6-3-2-4-7-16/h2-4,6-7,13-14,18H,5,8-12H2,1H3. The Balaban J connectivity index is 1.47. The van der Waals surface area contributed by atoms with Gasteiger partial charge in [0, 0.05) is 55.9 Å². The van der Waals surface area contributed by atoms with Gasteiger partial charge >= 0.3 is 0 Å². The molecule has 0 N–H and O–H groups in total. The maximum absolute atomic E-state index is 12.0. The molecule has 0 saturated carbocycles. The summed E-state index contributed by atoms with van der Waals surface area (Å²) in [4.78, 5) is 19.6. The van der Waals surface area contributed by atoms with Crippen molar-refractivity contribution >= 4 is 22.2 Å². The second-order valence-corrected chi connectivity index (χ2v) is 7.56. The van der Waals surface area contributed by atoms with Crippen molar-refractivity contribution in [1.82, 2.24) is 14.3 Å². The number of aromatic nitrogens is 2. The van der Waals surface area contributed by atoms with Crippen LogP contribution in [-0.2, 0) is 16.0 Å². The van der Waals surface area contributed by atoms with E-state index in [-0.39, 0.29) is 12.0 Å². The van der Waals surface area contributed by atoms with E-state index in [1.807, 2.05) is 23.1 Å². The molecule has 3 heterocycles. The lowest BCUT2D eigenvalue weighted by atomic mass is 10.2. The Kier molecular flexibility index (Phi) is 5.04. The fourth-order valence-corrected chi connectivity index (χ4v) is 4.33. The zero-order valence-corrected chi connectivity index (χ0v) is 15.7. The average molecular weight is 369 g/mol. The van der Waals surface area contributed by atoms with Crippen LogP contribution in [0.2, 0.25) is 0 Å². The van der Waals surface area contributed by atoms with Gasteiger partial charge in [0.05, 0.1) is 11.8 Å². The van der Waals surface area contributed by atoms with Crippen LogP contribution in [0.4, 0.5) is 0 Å². The van der Waals surface area contributed by atoms with Gasteiger partial charge < -0.3 is 9.64 Å². The van der Waals surface area contributed by atoms with Gasteiger partial charge in [-0.15, -0.1) is 11.3 Å². The molecule has 2 aromatic heterocycles. The molecule has 0 aliphatic carbocycles. The van der Waals surface area contributed by atoms with E-state index in [1.165, 1.54) is 5.69 Å². The summed E-state index contributed by atoms with van der Waals surface area (Å²) in [6, 6.07) is 10.2. The average Bonchev–Trinajstić information content (AvgIpc) is 3.37. The first-order valence-corrected chi connectivity index (χ1v) is 9.96. The number of amides is 1. The summed E-state index contributed by atoms with van der Waals surface area (Å²) in [7, 11) is 0. The van der Waals surface area contributed by atoms with Crippen molar-refractivity contribution in [3.8, 4) is 11.3 Å². The molecule has 3 aromatic rings. The maximum Gasteiger partial charge on any atom is 0.219 e. The highest BCUT2D eigenvalue weighted by Gasteiger charge is 2.21. The Hall–Kier alpha value is -2.18. The van der Waals surface area contributed by atoms with Gasteiger partial charge in [0.2, 0.25) is 5.91 Å². The molecule has 1 saturated heterocycles. The smallest absolute Gasteiger partial charge is 0.219 e. The van der Waals surface area contributed by atoms with E-state index in [4.69, 9.17) is 9.72 Å². The molecule has 4 rings (SSSR count). The first-order chi connectivity index (χ1) is 12.7. The van der Waals surface area contributed by atoms with Gasteiger partial charge in [-0.1, -0.05) is 30.3 Å². The molecule has 1 fully saturated rings. The fourth-order valence-electron chi connectivity index (χ4n) is 3.42. The molecule has 1 atom stereocenters. The largest absolute Gasteiger partial charge is 0.376 e. The zero-order valence-electron chi connectivity index (χ0n) is 14.9. The molecule has 0 spiro atoms. The Morgan fingerprint density at radius 1 is 1.38 bits per heavy atom. The number of hydrogen-bond donors (Lipinski definition) is 0. The normalized spacial score (nSPS) is 17.0. The second kappa shape index (κ2) is 7.60. The van der Waals surface area contributed by atoms with Crippen molar-refractivity contribution in [2.24, 2.45) is 0 Å². The minimum absolute atomic E-state index is 0.113. The Bertz CT molecular complexity index is 881. The van der Waals surface area contributed by atoms with Gasteiger partial charge in [-0.2, -0.15) is 0 Å². The van der Waals surface area contributed by atoms with Gasteiger partial charge in [-0.05, 0) is 12.8 Å². The third-order valence-corrected chi connectivity index (χ3v) is 5.77. The molecule has 1 amide bonds. The summed E-state index contributed by atoms with van der Waals surface area (Å²) in [6.07, 6.45) is 5.25. The van der Waals surface area contributed by atoms with Gasteiger partial charge in [-0.25, -0.2) is 4.98 Å². The number of ether oxygens (including phenoxy) is 1. The van der Waals surface area contributed by atoms with E-state index >= 15 is 0 Å². The summed E-state index contributed by atoms with van der Waals surface area (Å²) in [5.41, 5.74) is 3.30. The molecule has 1 aromatic carbocycles. The van der Waals surface area contributed by atoms with Crippen LogP contribution in [0.5, 0.6) is 0 Å². The number of carbonyl (C=O) groups excluding carboxylic acids is 1.